The predicted octanol–water partition coefficient (Wildman–Crippen LogP) is 4.06. The number of esters is 1. The van der Waals surface area contributed by atoms with Gasteiger partial charge >= 0.3 is 5.97 Å². The summed E-state index contributed by atoms with van der Waals surface area (Å²) < 4.78 is 44.6. The molecule has 176 valence electrons. The number of hydrogen-bond donors (Lipinski definition) is 0. The fourth-order valence-electron chi connectivity index (χ4n) is 3.73. The van der Waals surface area contributed by atoms with Crippen molar-refractivity contribution in [2.75, 3.05) is 14.2 Å². The normalized spacial score (nSPS) is 14.4. The minimum absolute atomic E-state index is 0.00780. The second kappa shape index (κ2) is 8.73. The van der Waals surface area contributed by atoms with Crippen LogP contribution in [-0.4, -0.2) is 43.0 Å². The molecule has 0 saturated carbocycles. The first-order valence-electron chi connectivity index (χ1n) is 10.5. The first-order valence-corrected chi connectivity index (χ1v) is 11.9. The van der Waals surface area contributed by atoms with Crippen molar-refractivity contribution in [3.8, 4) is 17.2 Å². The van der Waals surface area contributed by atoms with Gasteiger partial charge in [-0.05, 0) is 36.4 Å². The molecular formula is C25H19N3O6S. The van der Waals surface area contributed by atoms with Crippen LogP contribution in [0.15, 0.2) is 88.2 Å². The molecule has 0 atom stereocenters. The Bertz CT molecular complexity index is 1560. The molecule has 0 N–H and O–H groups in total. The zero-order valence-corrected chi connectivity index (χ0v) is 19.5. The molecule has 0 unspecified atom stereocenters. The summed E-state index contributed by atoms with van der Waals surface area (Å²) >= 11 is 0. The van der Waals surface area contributed by atoms with Crippen LogP contribution in [0.3, 0.4) is 0 Å². The second-order valence-electron chi connectivity index (χ2n) is 7.51. The zero-order valence-electron chi connectivity index (χ0n) is 18.7. The SMILES string of the molecule is COc1ccccc1-c1nnc(C2=C(OC(=O)c3ccccc3)c3ccccc3S(=O)(=O)N2C)o1. The predicted molar refractivity (Wildman–Crippen MR) is 126 cm³/mol. The van der Waals surface area contributed by atoms with Gasteiger partial charge in [0, 0.05) is 12.6 Å². The van der Waals surface area contributed by atoms with Crippen LogP contribution >= 0.6 is 0 Å². The van der Waals surface area contributed by atoms with Crippen LogP contribution in [0, 0.1) is 0 Å². The molecule has 3 aromatic carbocycles. The van der Waals surface area contributed by atoms with Gasteiger partial charge in [0.15, 0.2) is 11.5 Å². The van der Waals surface area contributed by atoms with E-state index in [1.165, 1.54) is 20.2 Å². The number of rotatable bonds is 5. The van der Waals surface area contributed by atoms with Gasteiger partial charge < -0.3 is 13.9 Å². The molecule has 0 amide bonds. The average molecular weight is 490 g/mol. The number of aromatic nitrogens is 2. The number of fused-ring (bicyclic) bond motifs is 1. The van der Waals surface area contributed by atoms with Crippen molar-refractivity contribution in [1.29, 1.82) is 0 Å². The highest BCUT2D eigenvalue weighted by Crippen LogP contribution is 2.41. The highest BCUT2D eigenvalue weighted by Gasteiger charge is 2.39. The van der Waals surface area contributed by atoms with Crippen molar-refractivity contribution in [2.45, 2.75) is 4.90 Å². The summed E-state index contributed by atoms with van der Waals surface area (Å²) in [5.41, 5.74) is 0.982. The van der Waals surface area contributed by atoms with E-state index in [4.69, 9.17) is 13.9 Å². The molecule has 5 rings (SSSR count). The van der Waals surface area contributed by atoms with E-state index in [-0.39, 0.29) is 33.7 Å². The Balaban J connectivity index is 1.70. The molecule has 0 fully saturated rings. The van der Waals surface area contributed by atoms with Crippen molar-refractivity contribution in [1.82, 2.24) is 14.5 Å². The Hall–Kier alpha value is -4.44. The van der Waals surface area contributed by atoms with E-state index in [2.05, 4.69) is 10.2 Å². The largest absolute Gasteiger partial charge is 0.496 e. The molecule has 0 aliphatic carbocycles. The number of para-hydroxylation sites is 1. The van der Waals surface area contributed by atoms with Crippen LogP contribution in [0.4, 0.5) is 0 Å². The maximum Gasteiger partial charge on any atom is 0.343 e. The third kappa shape index (κ3) is 3.83. The minimum atomic E-state index is -3.99. The molecule has 0 spiro atoms. The van der Waals surface area contributed by atoms with E-state index in [0.29, 0.717) is 16.9 Å². The first kappa shape index (κ1) is 22.4. The molecule has 4 aromatic rings. The zero-order chi connectivity index (χ0) is 24.6. The smallest absolute Gasteiger partial charge is 0.343 e. The third-order valence-electron chi connectivity index (χ3n) is 5.47. The molecule has 9 nitrogen and oxygen atoms in total. The molecular weight excluding hydrogens is 470 g/mol. The molecule has 0 radical (unpaired) electrons. The van der Waals surface area contributed by atoms with Crippen LogP contribution in [-0.2, 0) is 14.8 Å². The number of sulfonamides is 1. The van der Waals surface area contributed by atoms with Crippen LogP contribution in [0.2, 0.25) is 0 Å². The van der Waals surface area contributed by atoms with Crippen LogP contribution in [0.5, 0.6) is 5.75 Å². The Kier molecular flexibility index (Phi) is 5.58. The fourth-order valence-corrected chi connectivity index (χ4v) is 5.11. The summed E-state index contributed by atoms with van der Waals surface area (Å²) in [6.07, 6.45) is 0. The Morgan fingerprint density at radius 3 is 2.23 bits per heavy atom. The average Bonchev–Trinajstić information content (AvgIpc) is 3.37. The molecule has 2 heterocycles. The quantitative estimate of drug-likeness (QED) is 0.386. The number of carbonyl (C=O) groups excluding carboxylic acids is 1. The Morgan fingerprint density at radius 1 is 0.857 bits per heavy atom. The molecule has 0 bridgehead atoms. The maximum atomic E-state index is 13.3. The summed E-state index contributed by atoms with van der Waals surface area (Å²) in [4.78, 5) is 13.0. The molecule has 1 aromatic heterocycles. The van der Waals surface area contributed by atoms with Gasteiger partial charge in [0.1, 0.15) is 5.75 Å². The van der Waals surface area contributed by atoms with Gasteiger partial charge in [0.2, 0.25) is 0 Å². The summed E-state index contributed by atoms with van der Waals surface area (Å²) in [5.74, 6) is -0.194. The lowest BCUT2D eigenvalue weighted by Gasteiger charge is -2.29. The highest BCUT2D eigenvalue weighted by molar-refractivity contribution is 7.89. The van der Waals surface area contributed by atoms with Gasteiger partial charge in [-0.15, -0.1) is 10.2 Å². The molecule has 1 aliphatic heterocycles. The van der Waals surface area contributed by atoms with Gasteiger partial charge in [0.25, 0.3) is 21.8 Å². The standard InChI is InChI=1S/C25H19N3O6S/c1-28-21(24-27-26-23(34-24)17-12-6-8-14-19(17)32-2)22(33-25(29)16-10-4-3-5-11-16)18-13-7-9-15-20(18)35(28,30)31/h3-15H,1-2H3. The molecule has 35 heavy (non-hydrogen) atoms. The van der Waals surface area contributed by atoms with Crippen LogP contribution < -0.4 is 4.74 Å². The van der Waals surface area contributed by atoms with Gasteiger partial charge in [-0.2, -0.15) is 0 Å². The number of hydrogen-bond acceptors (Lipinski definition) is 8. The monoisotopic (exact) mass is 489 g/mol. The number of benzene rings is 3. The molecule has 10 heteroatoms. The van der Waals surface area contributed by atoms with Crippen LogP contribution in [0.25, 0.3) is 22.9 Å². The van der Waals surface area contributed by atoms with E-state index in [1.54, 1.807) is 72.8 Å². The van der Waals surface area contributed by atoms with E-state index in [0.717, 1.165) is 4.31 Å². The second-order valence-corrected chi connectivity index (χ2v) is 9.45. The molecule has 0 saturated heterocycles. The number of ether oxygens (including phenoxy) is 2. The minimum Gasteiger partial charge on any atom is -0.496 e. The topological polar surface area (TPSA) is 112 Å². The molecule has 1 aliphatic rings. The number of carbonyl (C=O) groups is 1. The Labute approximate surface area is 201 Å². The fraction of sp³-hybridized carbons (Fsp3) is 0.0800. The van der Waals surface area contributed by atoms with E-state index in [9.17, 15) is 13.2 Å². The van der Waals surface area contributed by atoms with Gasteiger partial charge in [-0.3, -0.25) is 4.31 Å². The summed E-state index contributed by atoms with van der Waals surface area (Å²) in [7, 11) is -1.14. The van der Waals surface area contributed by atoms with Crippen molar-refractivity contribution in [2.24, 2.45) is 0 Å². The van der Waals surface area contributed by atoms with Crippen molar-refractivity contribution in [3.63, 3.8) is 0 Å². The van der Waals surface area contributed by atoms with Gasteiger partial charge in [0.05, 0.1) is 23.1 Å². The van der Waals surface area contributed by atoms with Crippen molar-refractivity contribution < 1.29 is 27.1 Å². The Morgan fingerprint density at radius 2 is 1.49 bits per heavy atom. The third-order valence-corrected chi connectivity index (χ3v) is 7.28. The summed E-state index contributed by atoms with van der Waals surface area (Å²) in [6.45, 7) is 0. The summed E-state index contributed by atoms with van der Waals surface area (Å²) in [6, 6.07) is 21.7. The number of nitrogens with zero attached hydrogens (tertiary/aromatic N) is 3. The lowest BCUT2D eigenvalue weighted by Crippen LogP contribution is -2.31. The van der Waals surface area contributed by atoms with Crippen molar-refractivity contribution in [3.05, 3.63) is 95.9 Å². The maximum absolute atomic E-state index is 13.3. The lowest BCUT2D eigenvalue weighted by atomic mass is 10.1. The van der Waals surface area contributed by atoms with E-state index in [1.807, 2.05) is 0 Å². The number of methoxy groups -OCH3 is 1. The van der Waals surface area contributed by atoms with Gasteiger partial charge in [-0.25, -0.2) is 13.2 Å². The van der Waals surface area contributed by atoms with Gasteiger partial charge in [-0.1, -0.05) is 42.5 Å². The highest BCUT2D eigenvalue weighted by atomic mass is 32.2. The van der Waals surface area contributed by atoms with E-state index < -0.39 is 16.0 Å². The van der Waals surface area contributed by atoms with E-state index >= 15 is 0 Å². The van der Waals surface area contributed by atoms with Crippen molar-refractivity contribution >= 4 is 27.4 Å². The summed E-state index contributed by atoms with van der Waals surface area (Å²) in [5, 5.41) is 8.17. The van der Waals surface area contributed by atoms with Crippen LogP contribution in [0.1, 0.15) is 21.8 Å². The lowest BCUT2D eigenvalue weighted by molar-refractivity contribution is 0.0690. The first-order chi connectivity index (χ1) is 16.9.